The fourth-order valence-corrected chi connectivity index (χ4v) is 5.51. The molecule has 0 saturated carbocycles. The van der Waals surface area contributed by atoms with Crippen LogP contribution in [0.4, 0.5) is 0 Å². The zero-order valence-corrected chi connectivity index (χ0v) is 24.1. The van der Waals surface area contributed by atoms with Gasteiger partial charge in [0.1, 0.15) is 4.90 Å². The van der Waals surface area contributed by atoms with Crippen LogP contribution in [0.15, 0.2) is 112 Å². The van der Waals surface area contributed by atoms with Gasteiger partial charge in [-0.15, -0.1) is 0 Å². The van der Waals surface area contributed by atoms with Crippen molar-refractivity contribution in [3.05, 3.63) is 124 Å². The number of aryl methyl sites for hydroxylation is 1. The van der Waals surface area contributed by atoms with E-state index in [4.69, 9.17) is 8.92 Å². The topological polar surface area (TPSA) is 114 Å². The highest BCUT2D eigenvalue weighted by molar-refractivity contribution is 9.10. The van der Waals surface area contributed by atoms with Crippen LogP contribution >= 0.6 is 15.9 Å². The molecule has 0 spiro atoms. The Kier molecular flexibility index (Phi) is 9.03. The number of nitrogens with zero attached hydrogens (tertiary/aromatic N) is 1. The summed E-state index contributed by atoms with van der Waals surface area (Å²) in [7, 11) is -4.13. The molecular weight excluding hydrogens is 596 g/mol. The van der Waals surface area contributed by atoms with Crippen LogP contribution in [0, 0.1) is 6.92 Å². The minimum Gasteiger partial charge on any atom is -0.490 e. The van der Waals surface area contributed by atoms with Gasteiger partial charge in [0.2, 0.25) is 0 Å². The SMILES string of the molecule is CCOc1cc(/C=N\NC(=O)C(O)(c2ccccc2)c2ccccc2)cc(Br)c1OS(=O)(=O)c1ccc(C)cc1. The molecule has 0 saturated heterocycles. The van der Waals surface area contributed by atoms with Crippen LogP contribution in [0.3, 0.4) is 0 Å². The lowest BCUT2D eigenvalue weighted by Crippen LogP contribution is -2.43. The van der Waals surface area contributed by atoms with E-state index in [1.54, 1.807) is 85.8 Å². The van der Waals surface area contributed by atoms with Crippen LogP contribution in [-0.4, -0.2) is 32.3 Å². The standard InChI is InChI=1S/C30H27BrN2O6S/c1-3-38-27-19-22(18-26(31)28(27)39-40(36,37)25-16-14-21(2)15-17-25)20-32-33-29(34)30(35,23-10-6-4-7-11-23)24-12-8-5-9-13-24/h4-20,35H,3H2,1-2H3,(H,33,34)/b32-20-. The van der Waals surface area contributed by atoms with E-state index in [1.165, 1.54) is 24.4 Å². The largest absolute Gasteiger partial charge is 0.490 e. The van der Waals surface area contributed by atoms with Gasteiger partial charge in [-0.2, -0.15) is 13.5 Å². The molecule has 0 bridgehead atoms. The van der Waals surface area contributed by atoms with Crippen LogP contribution in [-0.2, 0) is 20.5 Å². The molecule has 40 heavy (non-hydrogen) atoms. The summed E-state index contributed by atoms with van der Waals surface area (Å²) in [4.78, 5) is 13.3. The number of benzene rings is 4. The minimum atomic E-state index is -4.13. The number of rotatable bonds is 10. The molecule has 4 aromatic rings. The van der Waals surface area contributed by atoms with E-state index in [1.807, 2.05) is 6.92 Å². The molecule has 0 atom stereocenters. The first kappa shape index (κ1) is 29.0. The Morgan fingerprint density at radius 1 is 0.975 bits per heavy atom. The number of hydrogen-bond acceptors (Lipinski definition) is 7. The van der Waals surface area contributed by atoms with E-state index in [9.17, 15) is 18.3 Å². The van der Waals surface area contributed by atoms with Crippen molar-refractivity contribution >= 4 is 38.2 Å². The van der Waals surface area contributed by atoms with Gasteiger partial charge < -0.3 is 14.0 Å². The molecule has 206 valence electrons. The summed E-state index contributed by atoms with van der Waals surface area (Å²) >= 11 is 3.36. The fraction of sp³-hybridized carbons (Fsp3) is 0.133. The van der Waals surface area contributed by atoms with Crippen molar-refractivity contribution in [2.24, 2.45) is 5.10 Å². The average molecular weight is 624 g/mol. The summed E-state index contributed by atoms with van der Waals surface area (Å²) in [5.74, 6) is -0.619. The molecule has 0 aliphatic rings. The lowest BCUT2D eigenvalue weighted by atomic mass is 9.85. The van der Waals surface area contributed by atoms with Gasteiger partial charge in [-0.1, -0.05) is 78.4 Å². The molecular formula is C30H27BrN2O6S. The second kappa shape index (κ2) is 12.5. The molecule has 4 rings (SSSR count). The summed E-state index contributed by atoms with van der Waals surface area (Å²) < 4.78 is 37.2. The maximum absolute atomic E-state index is 13.3. The smallest absolute Gasteiger partial charge is 0.339 e. The van der Waals surface area contributed by atoms with Crippen molar-refractivity contribution in [2.75, 3.05) is 6.61 Å². The zero-order valence-electron chi connectivity index (χ0n) is 21.7. The maximum Gasteiger partial charge on any atom is 0.339 e. The fourth-order valence-electron chi connectivity index (χ4n) is 3.90. The van der Waals surface area contributed by atoms with Gasteiger partial charge in [0, 0.05) is 0 Å². The van der Waals surface area contributed by atoms with Gasteiger partial charge in [0.05, 0.1) is 17.3 Å². The van der Waals surface area contributed by atoms with Crippen LogP contribution in [0.5, 0.6) is 11.5 Å². The highest BCUT2D eigenvalue weighted by Gasteiger charge is 2.39. The Labute approximate surface area is 241 Å². The molecule has 1 amide bonds. The molecule has 8 nitrogen and oxygen atoms in total. The summed E-state index contributed by atoms with van der Waals surface area (Å²) in [6, 6.07) is 26.5. The predicted octanol–water partition coefficient (Wildman–Crippen LogP) is 5.31. The number of aliphatic hydroxyl groups is 1. The summed E-state index contributed by atoms with van der Waals surface area (Å²) in [6.07, 6.45) is 1.35. The predicted molar refractivity (Wildman–Crippen MR) is 156 cm³/mol. The van der Waals surface area contributed by atoms with Gasteiger partial charge in [0.25, 0.3) is 5.91 Å². The molecule has 0 radical (unpaired) electrons. The van der Waals surface area contributed by atoms with Crippen molar-refractivity contribution in [1.29, 1.82) is 0 Å². The van der Waals surface area contributed by atoms with Crippen LogP contribution in [0.2, 0.25) is 0 Å². The maximum atomic E-state index is 13.3. The highest BCUT2D eigenvalue weighted by atomic mass is 79.9. The molecule has 0 aromatic heterocycles. The Balaban J connectivity index is 1.59. The quantitative estimate of drug-likeness (QED) is 0.141. The third kappa shape index (κ3) is 6.41. The number of halogens is 1. The highest BCUT2D eigenvalue weighted by Crippen LogP contribution is 2.38. The molecule has 10 heteroatoms. The second-order valence-corrected chi connectivity index (χ2v) is 11.2. The zero-order chi connectivity index (χ0) is 28.8. The first-order valence-corrected chi connectivity index (χ1v) is 14.5. The number of carbonyl (C=O) groups is 1. The number of hydrazone groups is 1. The van der Waals surface area contributed by atoms with Crippen molar-refractivity contribution < 1.29 is 27.2 Å². The van der Waals surface area contributed by atoms with Gasteiger partial charge in [-0.05, 0) is 70.7 Å². The van der Waals surface area contributed by atoms with E-state index in [-0.39, 0.29) is 23.0 Å². The number of nitrogens with one attached hydrogen (secondary N) is 1. The van der Waals surface area contributed by atoms with Crippen LogP contribution < -0.4 is 14.3 Å². The van der Waals surface area contributed by atoms with Crippen LogP contribution in [0.25, 0.3) is 0 Å². The first-order valence-electron chi connectivity index (χ1n) is 12.3. The van der Waals surface area contributed by atoms with Crippen molar-refractivity contribution in [2.45, 2.75) is 24.3 Å². The van der Waals surface area contributed by atoms with Crippen molar-refractivity contribution in [1.82, 2.24) is 5.43 Å². The molecule has 4 aromatic carbocycles. The average Bonchev–Trinajstić information content (AvgIpc) is 2.95. The summed E-state index contributed by atoms with van der Waals surface area (Å²) in [5.41, 5.74) is 2.58. The number of carbonyl (C=O) groups excluding carboxylic acids is 1. The van der Waals surface area contributed by atoms with Crippen molar-refractivity contribution in [3.63, 3.8) is 0 Å². The van der Waals surface area contributed by atoms with Gasteiger partial charge in [-0.25, -0.2) is 5.43 Å². The lowest BCUT2D eigenvalue weighted by Gasteiger charge is -2.27. The molecule has 0 aliphatic heterocycles. The molecule has 2 N–H and O–H groups in total. The lowest BCUT2D eigenvalue weighted by molar-refractivity contribution is -0.136. The van der Waals surface area contributed by atoms with Crippen LogP contribution in [0.1, 0.15) is 29.2 Å². The van der Waals surface area contributed by atoms with Gasteiger partial charge in [-0.3, -0.25) is 4.79 Å². The monoisotopic (exact) mass is 622 g/mol. The molecule has 0 aliphatic carbocycles. The van der Waals surface area contributed by atoms with Gasteiger partial charge >= 0.3 is 10.1 Å². The number of hydrogen-bond donors (Lipinski definition) is 2. The van der Waals surface area contributed by atoms with E-state index < -0.39 is 21.6 Å². The Bertz CT molecular complexity index is 1570. The van der Waals surface area contributed by atoms with E-state index in [2.05, 4.69) is 26.5 Å². The molecule has 0 fully saturated rings. The summed E-state index contributed by atoms with van der Waals surface area (Å²) in [6.45, 7) is 3.85. The minimum absolute atomic E-state index is 0.00474. The third-order valence-electron chi connectivity index (χ3n) is 5.93. The Morgan fingerprint density at radius 3 is 2.10 bits per heavy atom. The normalized spacial score (nSPS) is 11.8. The van der Waals surface area contributed by atoms with E-state index in [0.29, 0.717) is 21.2 Å². The Morgan fingerprint density at radius 2 is 1.55 bits per heavy atom. The summed E-state index contributed by atoms with van der Waals surface area (Å²) in [5, 5.41) is 15.6. The van der Waals surface area contributed by atoms with Gasteiger partial charge in [0.15, 0.2) is 17.1 Å². The molecule has 0 unspecified atom stereocenters. The third-order valence-corrected chi connectivity index (χ3v) is 7.75. The van der Waals surface area contributed by atoms with E-state index in [0.717, 1.165) is 5.56 Å². The number of amides is 1. The Hall–Kier alpha value is -3.99. The first-order chi connectivity index (χ1) is 19.1. The number of ether oxygens (including phenoxy) is 1. The second-order valence-electron chi connectivity index (χ2n) is 8.76. The van der Waals surface area contributed by atoms with Crippen molar-refractivity contribution in [3.8, 4) is 11.5 Å². The van der Waals surface area contributed by atoms with E-state index >= 15 is 0 Å². The molecule has 0 heterocycles.